The summed E-state index contributed by atoms with van der Waals surface area (Å²) in [6, 6.07) is 7.13. The van der Waals surface area contributed by atoms with Crippen molar-refractivity contribution in [3.05, 3.63) is 54.1 Å². The summed E-state index contributed by atoms with van der Waals surface area (Å²) in [6.07, 6.45) is 4.66. The molecule has 1 saturated heterocycles. The Balaban J connectivity index is 1.65. The minimum atomic E-state index is -0.743. The van der Waals surface area contributed by atoms with Crippen LogP contribution in [0.15, 0.2) is 58.5 Å². The molecule has 2 heterocycles. The van der Waals surface area contributed by atoms with Crippen molar-refractivity contribution < 1.29 is 28.3 Å². The van der Waals surface area contributed by atoms with E-state index in [1.165, 1.54) is 25.1 Å². The Hall–Kier alpha value is -3.43. The number of hydrogen-bond donors (Lipinski definition) is 2. The van der Waals surface area contributed by atoms with Gasteiger partial charge in [0, 0.05) is 37.0 Å². The molecule has 1 aliphatic rings. The number of benzene rings is 1. The van der Waals surface area contributed by atoms with Gasteiger partial charge in [0.2, 0.25) is 5.78 Å². The van der Waals surface area contributed by atoms with Crippen LogP contribution in [0, 0.1) is 0 Å². The molecule has 1 aromatic carbocycles. The Morgan fingerprint density at radius 3 is 2.59 bits per heavy atom. The maximum Gasteiger partial charge on any atom is 0.292 e. The summed E-state index contributed by atoms with van der Waals surface area (Å²) in [5.74, 6) is -1.79. The number of methoxy groups -OCH3 is 1. The molecule has 9 heteroatoms. The fraction of sp³-hybridized carbons (Fsp3) is 0.348. The van der Waals surface area contributed by atoms with Gasteiger partial charge in [0.1, 0.15) is 16.8 Å². The van der Waals surface area contributed by atoms with E-state index in [-0.39, 0.29) is 31.3 Å². The standard InChI is InChI=1S/C23H27N3O6/c1-5-18(21(28)24-17-6-7-19-16(10-17)8-9-32-19)26(3)11-15(2)20(27)22(29)25-23(12-30-4)13-31-14-23/h5-11H,12-14H2,1-4H3,(H,24,28)(H,25,29)/b15-11+,18-5+. The van der Waals surface area contributed by atoms with E-state index >= 15 is 0 Å². The molecule has 1 aromatic heterocycles. The highest BCUT2D eigenvalue weighted by molar-refractivity contribution is 6.42. The summed E-state index contributed by atoms with van der Waals surface area (Å²) in [6.45, 7) is 4.07. The van der Waals surface area contributed by atoms with Crippen LogP contribution in [0.1, 0.15) is 13.8 Å². The second-order valence-corrected chi connectivity index (χ2v) is 7.71. The molecule has 1 aliphatic heterocycles. The minimum Gasteiger partial charge on any atom is -0.464 e. The van der Waals surface area contributed by atoms with E-state index in [0.29, 0.717) is 11.4 Å². The molecule has 3 rings (SSSR count). The number of nitrogens with zero attached hydrogens (tertiary/aromatic N) is 1. The molecule has 2 N–H and O–H groups in total. The van der Waals surface area contributed by atoms with Crippen LogP contribution < -0.4 is 10.6 Å². The van der Waals surface area contributed by atoms with Gasteiger partial charge in [-0.1, -0.05) is 6.08 Å². The summed E-state index contributed by atoms with van der Waals surface area (Å²) in [5.41, 5.74) is 1.15. The zero-order valence-corrected chi connectivity index (χ0v) is 18.6. The zero-order chi connectivity index (χ0) is 23.3. The number of ketones is 1. The van der Waals surface area contributed by atoms with Crippen molar-refractivity contribution >= 4 is 34.3 Å². The summed E-state index contributed by atoms with van der Waals surface area (Å²) in [7, 11) is 3.15. The Kier molecular flexibility index (Phi) is 7.12. The number of fused-ring (bicyclic) bond motifs is 1. The molecule has 0 unspecified atom stereocenters. The fourth-order valence-electron chi connectivity index (χ4n) is 3.45. The molecule has 2 amide bonds. The van der Waals surface area contributed by atoms with Crippen LogP contribution in [0.25, 0.3) is 11.0 Å². The van der Waals surface area contributed by atoms with Crippen LogP contribution in [0.2, 0.25) is 0 Å². The number of carbonyl (C=O) groups is 3. The van der Waals surface area contributed by atoms with Crippen molar-refractivity contribution in [2.45, 2.75) is 19.4 Å². The highest BCUT2D eigenvalue weighted by atomic mass is 16.5. The predicted molar refractivity (Wildman–Crippen MR) is 119 cm³/mol. The second-order valence-electron chi connectivity index (χ2n) is 7.71. The highest BCUT2D eigenvalue weighted by Gasteiger charge is 2.41. The maximum atomic E-state index is 12.8. The summed E-state index contributed by atoms with van der Waals surface area (Å²) in [5, 5.41) is 6.39. The first-order valence-corrected chi connectivity index (χ1v) is 10.1. The van der Waals surface area contributed by atoms with Gasteiger partial charge in [0.25, 0.3) is 11.8 Å². The van der Waals surface area contributed by atoms with E-state index in [9.17, 15) is 14.4 Å². The van der Waals surface area contributed by atoms with Crippen molar-refractivity contribution in [1.29, 1.82) is 0 Å². The Morgan fingerprint density at radius 2 is 1.97 bits per heavy atom. The molecule has 170 valence electrons. The summed E-state index contributed by atoms with van der Waals surface area (Å²) < 4.78 is 15.6. The molecule has 0 saturated carbocycles. The third-order valence-corrected chi connectivity index (χ3v) is 5.10. The Labute approximate surface area is 186 Å². The minimum absolute atomic E-state index is 0.185. The SMILES string of the molecule is C/C=C(\C(=O)Nc1ccc2occc2c1)N(C)/C=C(\C)C(=O)C(=O)NC1(COC)COC1. The second kappa shape index (κ2) is 9.80. The number of rotatable bonds is 9. The average Bonchev–Trinajstić information content (AvgIpc) is 3.19. The Bertz CT molecular complexity index is 1080. The monoisotopic (exact) mass is 441 g/mol. The quantitative estimate of drug-likeness (QED) is 0.453. The van der Waals surface area contributed by atoms with E-state index < -0.39 is 17.2 Å². The van der Waals surface area contributed by atoms with Crippen LogP contribution in [0.4, 0.5) is 5.69 Å². The van der Waals surface area contributed by atoms with Crippen molar-refractivity contribution in [2.24, 2.45) is 0 Å². The third kappa shape index (κ3) is 5.06. The number of allylic oxidation sites excluding steroid dienone is 1. The van der Waals surface area contributed by atoms with Crippen LogP contribution in [0.5, 0.6) is 0 Å². The lowest BCUT2D eigenvalue weighted by atomic mass is 9.98. The van der Waals surface area contributed by atoms with Crippen molar-refractivity contribution in [3.8, 4) is 0 Å². The summed E-state index contributed by atoms with van der Waals surface area (Å²) in [4.78, 5) is 39.3. The summed E-state index contributed by atoms with van der Waals surface area (Å²) >= 11 is 0. The molecular weight excluding hydrogens is 414 g/mol. The van der Waals surface area contributed by atoms with Crippen molar-refractivity contribution in [1.82, 2.24) is 10.2 Å². The van der Waals surface area contributed by atoms with Crippen molar-refractivity contribution in [2.75, 3.05) is 39.3 Å². The third-order valence-electron chi connectivity index (χ3n) is 5.10. The van der Waals surface area contributed by atoms with Gasteiger partial charge in [-0.05, 0) is 38.1 Å². The number of nitrogens with one attached hydrogen (secondary N) is 2. The smallest absolute Gasteiger partial charge is 0.292 e. The van der Waals surface area contributed by atoms with Gasteiger partial charge in [-0.3, -0.25) is 14.4 Å². The molecule has 9 nitrogen and oxygen atoms in total. The number of amides is 2. The van der Waals surface area contributed by atoms with Gasteiger partial charge in [-0.2, -0.15) is 0 Å². The lowest BCUT2D eigenvalue weighted by Gasteiger charge is -2.41. The average molecular weight is 441 g/mol. The molecule has 0 bridgehead atoms. The largest absolute Gasteiger partial charge is 0.464 e. The van der Waals surface area contributed by atoms with E-state index in [2.05, 4.69) is 10.6 Å². The van der Waals surface area contributed by atoms with Gasteiger partial charge in [-0.15, -0.1) is 0 Å². The van der Waals surface area contributed by atoms with Crippen LogP contribution in [-0.4, -0.2) is 62.0 Å². The molecule has 0 radical (unpaired) electrons. The first kappa shape index (κ1) is 23.2. The number of Topliss-reactive ketones (excluding diaryl/α,β-unsaturated/α-hetero) is 1. The number of anilines is 1. The first-order chi connectivity index (χ1) is 15.3. The number of hydrogen-bond acceptors (Lipinski definition) is 7. The van der Waals surface area contributed by atoms with Gasteiger partial charge >= 0.3 is 0 Å². The van der Waals surface area contributed by atoms with Gasteiger partial charge in [0.15, 0.2) is 0 Å². The number of likely N-dealkylation sites (N-methyl/N-ethyl adjacent to an activating group) is 1. The van der Waals surface area contributed by atoms with Gasteiger partial charge < -0.3 is 29.4 Å². The molecule has 2 aromatic rings. The topological polar surface area (TPSA) is 110 Å². The predicted octanol–water partition coefficient (Wildman–Crippen LogP) is 2.21. The molecule has 0 aliphatic carbocycles. The van der Waals surface area contributed by atoms with Gasteiger partial charge in [0.05, 0.1) is 26.1 Å². The lowest BCUT2D eigenvalue weighted by Crippen LogP contribution is -2.65. The fourth-order valence-corrected chi connectivity index (χ4v) is 3.45. The van der Waals surface area contributed by atoms with Crippen LogP contribution >= 0.6 is 0 Å². The van der Waals surface area contributed by atoms with E-state index in [0.717, 1.165) is 11.0 Å². The van der Waals surface area contributed by atoms with Crippen LogP contribution in [-0.2, 0) is 23.9 Å². The van der Waals surface area contributed by atoms with E-state index in [4.69, 9.17) is 13.9 Å². The molecule has 32 heavy (non-hydrogen) atoms. The van der Waals surface area contributed by atoms with Crippen LogP contribution in [0.3, 0.4) is 0 Å². The molecular formula is C23H27N3O6. The highest BCUT2D eigenvalue weighted by Crippen LogP contribution is 2.21. The van der Waals surface area contributed by atoms with E-state index in [1.807, 2.05) is 6.07 Å². The normalized spacial score (nSPS) is 15.8. The molecule has 0 spiro atoms. The zero-order valence-electron chi connectivity index (χ0n) is 18.6. The number of ether oxygens (including phenoxy) is 2. The van der Waals surface area contributed by atoms with Crippen molar-refractivity contribution in [3.63, 3.8) is 0 Å². The first-order valence-electron chi connectivity index (χ1n) is 10.1. The van der Waals surface area contributed by atoms with Gasteiger partial charge in [-0.25, -0.2) is 0 Å². The number of furan rings is 1. The molecule has 0 atom stereocenters. The van der Waals surface area contributed by atoms with E-state index in [1.54, 1.807) is 44.5 Å². The maximum absolute atomic E-state index is 12.8. The Morgan fingerprint density at radius 1 is 1.22 bits per heavy atom. The molecule has 1 fully saturated rings. The lowest BCUT2D eigenvalue weighted by molar-refractivity contribution is -0.146. The number of carbonyl (C=O) groups excluding carboxylic acids is 3.